The first kappa shape index (κ1) is 15.6. The summed E-state index contributed by atoms with van der Waals surface area (Å²) in [6, 6.07) is 13.9. The Morgan fingerprint density at radius 3 is 2.54 bits per heavy atom. The highest BCUT2D eigenvalue weighted by Crippen LogP contribution is 2.29. The molecule has 0 saturated heterocycles. The molecule has 0 amide bonds. The molecule has 0 spiro atoms. The van der Waals surface area contributed by atoms with E-state index in [9.17, 15) is 0 Å². The summed E-state index contributed by atoms with van der Waals surface area (Å²) in [6.45, 7) is 4.09. The number of ether oxygens (including phenoxy) is 1. The summed E-state index contributed by atoms with van der Waals surface area (Å²) in [6.07, 6.45) is 1.64. The minimum absolute atomic E-state index is 0.415. The van der Waals surface area contributed by atoms with Crippen molar-refractivity contribution in [1.82, 2.24) is 4.98 Å². The largest absolute Gasteiger partial charge is 0.495 e. The Labute approximate surface area is 140 Å². The molecule has 0 aliphatic heterocycles. The average molecular weight is 319 g/mol. The van der Waals surface area contributed by atoms with Crippen LogP contribution in [0, 0.1) is 25.2 Å². The highest BCUT2D eigenvalue weighted by Gasteiger charge is 2.10. The van der Waals surface area contributed by atoms with Crippen molar-refractivity contribution in [1.29, 1.82) is 5.26 Å². The molecule has 0 saturated carbocycles. The van der Waals surface area contributed by atoms with Gasteiger partial charge in [-0.1, -0.05) is 6.07 Å². The van der Waals surface area contributed by atoms with E-state index in [0.29, 0.717) is 23.1 Å². The summed E-state index contributed by atoms with van der Waals surface area (Å²) in [5, 5.41) is 12.2. The SMILES string of the molecule is COc1cc(-c2cnc(Nc3cc(C)cc(C)c3)o2)ccc1C#N. The Bertz CT molecular complexity index is 902. The van der Waals surface area contributed by atoms with Crippen LogP contribution < -0.4 is 10.1 Å². The van der Waals surface area contributed by atoms with Gasteiger partial charge in [0.25, 0.3) is 6.01 Å². The van der Waals surface area contributed by atoms with Gasteiger partial charge in [0.05, 0.1) is 18.9 Å². The van der Waals surface area contributed by atoms with Gasteiger partial charge in [0.2, 0.25) is 0 Å². The van der Waals surface area contributed by atoms with E-state index in [0.717, 1.165) is 11.3 Å². The smallest absolute Gasteiger partial charge is 0.299 e. The van der Waals surface area contributed by atoms with E-state index in [1.807, 2.05) is 32.0 Å². The third-order valence-electron chi connectivity index (χ3n) is 3.59. The Morgan fingerprint density at radius 1 is 1.12 bits per heavy atom. The average Bonchev–Trinajstić information content (AvgIpc) is 3.01. The van der Waals surface area contributed by atoms with Gasteiger partial charge in [-0.05, 0) is 55.3 Å². The fourth-order valence-electron chi connectivity index (χ4n) is 2.57. The van der Waals surface area contributed by atoms with Gasteiger partial charge in [-0.25, -0.2) is 4.98 Å². The fraction of sp³-hybridized carbons (Fsp3) is 0.158. The first-order chi connectivity index (χ1) is 11.6. The molecule has 0 atom stereocenters. The van der Waals surface area contributed by atoms with Crippen LogP contribution in [0.3, 0.4) is 0 Å². The molecule has 3 aromatic rings. The second kappa shape index (κ2) is 6.47. The topological polar surface area (TPSA) is 71.1 Å². The summed E-state index contributed by atoms with van der Waals surface area (Å²) in [4.78, 5) is 4.26. The van der Waals surface area contributed by atoms with E-state index in [2.05, 4.69) is 22.4 Å². The highest BCUT2D eigenvalue weighted by atomic mass is 16.5. The Hall–Kier alpha value is -3.26. The summed E-state index contributed by atoms with van der Waals surface area (Å²) >= 11 is 0. The molecule has 1 aromatic heterocycles. The van der Waals surface area contributed by atoms with Crippen molar-refractivity contribution in [2.75, 3.05) is 12.4 Å². The molecule has 5 nitrogen and oxygen atoms in total. The predicted molar refractivity (Wildman–Crippen MR) is 92.4 cm³/mol. The third-order valence-corrected chi connectivity index (χ3v) is 3.59. The number of hydrogen-bond acceptors (Lipinski definition) is 5. The lowest BCUT2D eigenvalue weighted by atomic mass is 10.1. The number of anilines is 2. The molecule has 3 rings (SSSR count). The second-order valence-corrected chi connectivity index (χ2v) is 5.56. The van der Waals surface area contributed by atoms with Gasteiger partial charge < -0.3 is 14.5 Å². The second-order valence-electron chi connectivity index (χ2n) is 5.56. The molecule has 120 valence electrons. The number of methoxy groups -OCH3 is 1. The van der Waals surface area contributed by atoms with Gasteiger partial charge in [-0.3, -0.25) is 0 Å². The molecular formula is C19H17N3O2. The monoisotopic (exact) mass is 319 g/mol. The van der Waals surface area contributed by atoms with Crippen LogP contribution in [-0.4, -0.2) is 12.1 Å². The van der Waals surface area contributed by atoms with Crippen LogP contribution in [0.2, 0.25) is 0 Å². The number of nitrogens with one attached hydrogen (secondary N) is 1. The van der Waals surface area contributed by atoms with Crippen LogP contribution in [0.25, 0.3) is 11.3 Å². The Kier molecular flexibility index (Phi) is 4.21. The minimum atomic E-state index is 0.415. The zero-order valence-corrected chi connectivity index (χ0v) is 13.8. The molecule has 1 N–H and O–H groups in total. The number of aromatic nitrogens is 1. The lowest BCUT2D eigenvalue weighted by Crippen LogP contribution is -1.91. The van der Waals surface area contributed by atoms with Gasteiger partial charge >= 0.3 is 0 Å². The van der Waals surface area contributed by atoms with Crippen molar-refractivity contribution < 1.29 is 9.15 Å². The predicted octanol–water partition coefficient (Wildman–Crippen LogP) is 4.58. The van der Waals surface area contributed by atoms with Gasteiger partial charge in [0.15, 0.2) is 5.76 Å². The van der Waals surface area contributed by atoms with E-state index in [1.165, 1.54) is 18.2 Å². The number of rotatable bonds is 4. The number of nitriles is 1. The highest BCUT2D eigenvalue weighted by molar-refractivity contribution is 5.64. The number of oxazole rings is 1. The number of aryl methyl sites for hydroxylation is 2. The maximum atomic E-state index is 9.05. The lowest BCUT2D eigenvalue weighted by molar-refractivity contribution is 0.413. The maximum Gasteiger partial charge on any atom is 0.299 e. The van der Waals surface area contributed by atoms with Crippen molar-refractivity contribution in [2.24, 2.45) is 0 Å². The molecule has 2 aromatic carbocycles. The molecule has 0 fully saturated rings. The quantitative estimate of drug-likeness (QED) is 0.762. The number of benzene rings is 2. The van der Waals surface area contributed by atoms with Crippen LogP contribution in [0.5, 0.6) is 5.75 Å². The summed E-state index contributed by atoms with van der Waals surface area (Å²) in [5.41, 5.74) is 4.54. The van der Waals surface area contributed by atoms with Gasteiger partial charge in [0, 0.05) is 11.3 Å². The van der Waals surface area contributed by atoms with E-state index in [-0.39, 0.29) is 0 Å². The lowest BCUT2D eigenvalue weighted by Gasteiger charge is -2.05. The van der Waals surface area contributed by atoms with E-state index >= 15 is 0 Å². The van der Waals surface area contributed by atoms with Crippen LogP contribution in [0.4, 0.5) is 11.7 Å². The van der Waals surface area contributed by atoms with Crippen molar-refractivity contribution in [3.8, 4) is 23.1 Å². The van der Waals surface area contributed by atoms with E-state index in [4.69, 9.17) is 14.4 Å². The van der Waals surface area contributed by atoms with Gasteiger partial charge in [-0.15, -0.1) is 0 Å². The molecular weight excluding hydrogens is 302 g/mol. The molecule has 1 heterocycles. The molecule has 0 bridgehead atoms. The van der Waals surface area contributed by atoms with Crippen molar-refractivity contribution in [3.05, 3.63) is 59.3 Å². The van der Waals surface area contributed by atoms with Crippen molar-refractivity contribution in [2.45, 2.75) is 13.8 Å². The first-order valence-corrected chi connectivity index (χ1v) is 7.48. The fourth-order valence-corrected chi connectivity index (χ4v) is 2.57. The zero-order valence-electron chi connectivity index (χ0n) is 13.8. The van der Waals surface area contributed by atoms with Gasteiger partial charge in [-0.2, -0.15) is 5.26 Å². The van der Waals surface area contributed by atoms with Crippen molar-refractivity contribution in [3.63, 3.8) is 0 Å². The molecule has 0 aliphatic carbocycles. The Morgan fingerprint density at radius 2 is 1.88 bits per heavy atom. The number of hydrogen-bond donors (Lipinski definition) is 1. The normalized spacial score (nSPS) is 10.2. The molecule has 0 aliphatic rings. The van der Waals surface area contributed by atoms with Crippen LogP contribution >= 0.6 is 0 Å². The first-order valence-electron chi connectivity index (χ1n) is 7.48. The molecule has 0 radical (unpaired) electrons. The van der Waals surface area contributed by atoms with Crippen molar-refractivity contribution >= 4 is 11.7 Å². The zero-order chi connectivity index (χ0) is 17.1. The van der Waals surface area contributed by atoms with Crippen LogP contribution in [-0.2, 0) is 0 Å². The maximum absolute atomic E-state index is 9.05. The third kappa shape index (κ3) is 3.23. The standard InChI is InChI=1S/C19H17N3O2/c1-12-6-13(2)8-16(7-12)22-19-21-11-18(24-19)14-4-5-15(10-20)17(9-14)23-3/h4-9,11H,1-3H3,(H,21,22). The number of nitrogens with zero attached hydrogens (tertiary/aromatic N) is 2. The van der Waals surface area contributed by atoms with Gasteiger partial charge in [0.1, 0.15) is 11.8 Å². The van der Waals surface area contributed by atoms with E-state index < -0.39 is 0 Å². The summed E-state index contributed by atoms with van der Waals surface area (Å²) in [7, 11) is 1.54. The molecule has 5 heteroatoms. The summed E-state index contributed by atoms with van der Waals surface area (Å²) in [5.74, 6) is 1.11. The minimum Gasteiger partial charge on any atom is -0.495 e. The van der Waals surface area contributed by atoms with Crippen LogP contribution in [0.15, 0.2) is 47.0 Å². The Balaban J connectivity index is 1.87. The van der Waals surface area contributed by atoms with E-state index in [1.54, 1.807) is 18.3 Å². The molecule has 24 heavy (non-hydrogen) atoms. The molecule has 0 unspecified atom stereocenters. The van der Waals surface area contributed by atoms with Crippen LogP contribution in [0.1, 0.15) is 16.7 Å². The summed E-state index contributed by atoms with van der Waals surface area (Å²) < 4.78 is 11.0.